The van der Waals surface area contributed by atoms with Crippen molar-refractivity contribution in [1.82, 2.24) is 10.2 Å². The third-order valence-electron chi connectivity index (χ3n) is 5.47. The number of rotatable bonds is 4. The summed E-state index contributed by atoms with van der Waals surface area (Å²) in [4.78, 5) is 26.9. The number of amides is 2. The number of piperidine rings is 1. The second kappa shape index (κ2) is 5.66. The fourth-order valence-electron chi connectivity index (χ4n) is 3.69. The van der Waals surface area contributed by atoms with Crippen molar-refractivity contribution in [3.05, 3.63) is 35.9 Å². The van der Waals surface area contributed by atoms with Crippen LogP contribution in [-0.4, -0.2) is 29.8 Å². The van der Waals surface area contributed by atoms with Crippen LogP contribution in [0.5, 0.6) is 0 Å². The monoisotopic (exact) mass is 312 g/mol. The molecule has 1 aromatic carbocycles. The van der Waals surface area contributed by atoms with Gasteiger partial charge in [-0.25, -0.2) is 0 Å². The van der Waals surface area contributed by atoms with E-state index in [-0.39, 0.29) is 29.2 Å². The van der Waals surface area contributed by atoms with Gasteiger partial charge in [-0.2, -0.15) is 0 Å². The third-order valence-corrected chi connectivity index (χ3v) is 5.47. The number of nitrogens with zero attached hydrogens (tertiary/aromatic N) is 1. The Bertz CT molecular complexity index is 605. The van der Waals surface area contributed by atoms with Crippen molar-refractivity contribution in [1.29, 1.82) is 0 Å². The number of hydrogen-bond acceptors (Lipinski definition) is 2. The Morgan fingerprint density at radius 1 is 1.04 bits per heavy atom. The molecule has 4 heteroatoms. The topological polar surface area (TPSA) is 49.4 Å². The van der Waals surface area contributed by atoms with Crippen LogP contribution in [0.3, 0.4) is 0 Å². The zero-order chi connectivity index (χ0) is 15.9. The molecule has 1 aliphatic heterocycles. The third kappa shape index (κ3) is 2.99. The molecule has 0 aromatic heterocycles. The van der Waals surface area contributed by atoms with Crippen LogP contribution in [0.2, 0.25) is 0 Å². The molecule has 23 heavy (non-hydrogen) atoms. The normalized spacial score (nSPS) is 25.7. The lowest BCUT2D eigenvalue weighted by Crippen LogP contribution is -2.48. The van der Waals surface area contributed by atoms with Crippen molar-refractivity contribution in [3.8, 4) is 0 Å². The Kier molecular flexibility index (Phi) is 3.63. The molecular formula is C19H24N2O2. The molecule has 1 saturated heterocycles. The smallest absolute Gasteiger partial charge is 0.225 e. The first kappa shape index (κ1) is 14.7. The second-order valence-corrected chi connectivity index (χ2v) is 7.34. The highest BCUT2D eigenvalue weighted by atomic mass is 16.2. The maximum absolute atomic E-state index is 12.7. The van der Waals surface area contributed by atoms with Gasteiger partial charge in [-0.05, 0) is 44.1 Å². The number of nitrogens with one attached hydrogen (secondary N) is 1. The van der Waals surface area contributed by atoms with E-state index in [0.29, 0.717) is 6.54 Å². The zero-order valence-electron chi connectivity index (χ0n) is 13.5. The standard InChI is InChI=1S/C19H24N2O2/c22-17(20-19(10-11-19)16-6-2-1-3-7-16)15-5-4-12-21(13-15)18(23)14-8-9-14/h1-3,6-7,14-15H,4-5,8-13H2,(H,20,22). The van der Waals surface area contributed by atoms with Gasteiger partial charge in [-0.15, -0.1) is 0 Å². The molecule has 122 valence electrons. The highest BCUT2D eigenvalue weighted by Gasteiger charge is 2.47. The number of benzene rings is 1. The van der Waals surface area contributed by atoms with Gasteiger partial charge in [0.15, 0.2) is 0 Å². The molecule has 4 rings (SSSR count). The summed E-state index contributed by atoms with van der Waals surface area (Å²) in [5, 5.41) is 3.28. The number of hydrogen-bond donors (Lipinski definition) is 1. The molecule has 3 aliphatic rings. The van der Waals surface area contributed by atoms with E-state index in [9.17, 15) is 9.59 Å². The van der Waals surface area contributed by atoms with Crippen molar-refractivity contribution in [3.63, 3.8) is 0 Å². The van der Waals surface area contributed by atoms with Crippen LogP contribution in [0.1, 0.15) is 44.1 Å². The zero-order valence-corrected chi connectivity index (χ0v) is 13.5. The highest BCUT2D eigenvalue weighted by Crippen LogP contribution is 2.45. The summed E-state index contributed by atoms with van der Waals surface area (Å²) < 4.78 is 0. The molecule has 4 nitrogen and oxygen atoms in total. The molecule has 1 N–H and O–H groups in total. The molecule has 1 aromatic rings. The van der Waals surface area contributed by atoms with Gasteiger partial charge in [0.05, 0.1) is 11.5 Å². The quantitative estimate of drug-likeness (QED) is 0.928. The molecule has 0 spiro atoms. The van der Waals surface area contributed by atoms with Gasteiger partial charge in [0.1, 0.15) is 0 Å². The van der Waals surface area contributed by atoms with E-state index < -0.39 is 0 Å². The van der Waals surface area contributed by atoms with E-state index >= 15 is 0 Å². The summed E-state index contributed by atoms with van der Waals surface area (Å²) in [5.74, 6) is 0.592. The minimum Gasteiger partial charge on any atom is -0.346 e. The SMILES string of the molecule is O=C(NC1(c2ccccc2)CC1)C1CCCN(C(=O)C2CC2)C1. The van der Waals surface area contributed by atoms with Crippen LogP contribution in [0, 0.1) is 11.8 Å². The first-order chi connectivity index (χ1) is 11.2. The number of likely N-dealkylation sites (tertiary alicyclic amines) is 1. The van der Waals surface area contributed by atoms with Crippen LogP contribution in [-0.2, 0) is 15.1 Å². The lowest BCUT2D eigenvalue weighted by molar-refractivity contribution is -0.137. The Labute approximate surface area is 137 Å². The predicted molar refractivity (Wildman–Crippen MR) is 87.5 cm³/mol. The molecule has 3 fully saturated rings. The maximum atomic E-state index is 12.7. The van der Waals surface area contributed by atoms with Crippen LogP contribution < -0.4 is 5.32 Å². The summed E-state index contributed by atoms with van der Waals surface area (Å²) in [6.45, 7) is 1.43. The van der Waals surface area contributed by atoms with Gasteiger partial charge in [-0.1, -0.05) is 30.3 Å². The van der Waals surface area contributed by atoms with E-state index in [1.54, 1.807) is 0 Å². The summed E-state index contributed by atoms with van der Waals surface area (Å²) in [7, 11) is 0. The van der Waals surface area contributed by atoms with Crippen molar-refractivity contribution in [2.45, 2.75) is 44.1 Å². The van der Waals surface area contributed by atoms with Crippen LogP contribution >= 0.6 is 0 Å². The molecule has 0 bridgehead atoms. The number of carbonyl (C=O) groups is 2. The largest absolute Gasteiger partial charge is 0.346 e. The van der Waals surface area contributed by atoms with Gasteiger partial charge in [0.2, 0.25) is 11.8 Å². The lowest BCUT2D eigenvalue weighted by Gasteiger charge is -2.33. The Hall–Kier alpha value is -1.84. The Morgan fingerprint density at radius 3 is 2.43 bits per heavy atom. The molecule has 1 heterocycles. The van der Waals surface area contributed by atoms with Gasteiger partial charge >= 0.3 is 0 Å². The average molecular weight is 312 g/mol. The molecule has 1 atom stereocenters. The predicted octanol–water partition coefficient (Wildman–Crippen LogP) is 2.44. The number of carbonyl (C=O) groups excluding carboxylic acids is 2. The average Bonchev–Trinajstić information content (AvgIpc) is 3.50. The molecule has 1 unspecified atom stereocenters. The van der Waals surface area contributed by atoms with Gasteiger partial charge < -0.3 is 10.2 Å². The van der Waals surface area contributed by atoms with Crippen LogP contribution in [0.15, 0.2) is 30.3 Å². The fraction of sp³-hybridized carbons (Fsp3) is 0.579. The maximum Gasteiger partial charge on any atom is 0.225 e. The Balaban J connectivity index is 1.40. The lowest BCUT2D eigenvalue weighted by atomic mass is 9.95. The Morgan fingerprint density at radius 2 is 1.78 bits per heavy atom. The van der Waals surface area contributed by atoms with Crippen molar-refractivity contribution in [2.24, 2.45) is 11.8 Å². The minimum atomic E-state index is -0.152. The van der Waals surface area contributed by atoms with Crippen molar-refractivity contribution in [2.75, 3.05) is 13.1 Å². The molecule has 0 radical (unpaired) electrons. The fourth-order valence-corrected chi connectivity index (χ4v) is 3.69. The van der Waals surface area contributed by atoms with E-state index in [0.717, 1.165) is 45.1 Å². The van der Waals surface area contributed by atoms with Gasteiger partial charge in [0.25, 0.3) is 0 Å². The van der Waals surface area contributed by atoms with Crippen LogP contribution in [0.25, 0.3) is 0 Å². The summed E-state index contributed by atoms with van der Waals surface area (Å²) in [5.41, 5.74) is 1.05. The summed E-state index contributed by atoms with van der Waals surface area (Å²) >= 11 is 0. The van der Waals surface area contributed by atoms with E-state index in [4.69, 9.17) is 0 Å². The van der Waals surface area contributed by atoms with Crippen molar-refractivity contribution >= 4 is 11.8 Å². The molecular weight excluding hydrogens is 288 g/mol. The van der Waals surface area contributed by atoms with Gasteiger partial charge in [-0.3, -0.25) is 9.59 Å². The van der Waals surface area contributed by atoms with Crippen molar-refractivity contribution < 1.29 is 9.59 Å². The molecule has 2 saturated carbocycles. The van der Waals surface area contributed by atoms with E-state index in [2.05, 4.69) is 17.4 Å². The second-order valence-electron chi connectivity index (χ2n) is 7.34. The molecule has 2 amide bonds. The first-order valence-corrected chi connectivity index (χ1v) is 8.84. The van der Waals surface area contributed by atoms with E-state index in [1.807, 2.05) is 23.1 Å². The highest BCUT2D eigenvalue weighted by molar-refractivity contribution is 5.84. The minimum absolute atomic E-state index is 0.0485. The summed E-state index contributed by atoms with van der Waals surface area (Å²) in [6.07, 6.45) is 5.92. The van der Waals surface area contributed by atoms with Crippen LogP contribution in [0.4, 0.5) is 0 Å². The molecule has 2 aliphatic carbocycles. The summed E-state index contributed by atoms with van der Waals surface area (Å²) in [6, 6.07) is 10.2. The van der Waals surface area contributed by atoms with Gasteiger partial charge in [0, 0.05) is 19.0 Å². The van der Waals surface area contributed by atoms with E-state index in [1.165, 1.54) is 5.56 Å². The first-order valence-electron chi connectivity index (χ1n) is 8.84.